The van der Waals surface area contributed by atoms with Crippen molar-refractivity contribution in [1.82, 2.24) is 0 Å². The Kier molecular flexibility index (Phi) is 2.65. The van der Waals surface area contributed by atoms with E-state index in [1.807, 2.05) is 0 Å². The molecule has 0 amide bonds. The molecule has 20 heavy (non-hydrogen) atoms. The fourth-order valence-corrected chi connectivity index (χ4v) is 2.47. The molecule has 6 heteroatoms. The fourth-order valence-electron chi connectivity index (χ4n) is 2.30. The first kappa shape index (κ1) is 12.5. The summed E-state index contributed by atoms with van der Waals surface area (Å²) >= 11 is 5.83. The van der Waals surface area contributed by atoms with Crippen LogP contribution in [0.15, 0.2) is 36.4 Å². The normalized spacial score (nSPS) is 12.8. The van der Waals surface area contributed by atoms with E-state index in [0.29, 0.717) is 5.02 Å². The molecule has 5 nitrogen and oxygen atoms in total. The van der Waals surface area contributed by atoms with Gasteiger partial charge in [-0.1, -0.05) is 17.7 Å². The summed E-state index contributed by atoms with van der Waals surface area (Å²) in [5.74, 6) is -0.959. The number of carbonyl (C=O) groups is 2. The molecule has 0 aromatic heterocycles. The molecule has 2 aromatic carbocycles. The lowest BCUT2D eigenvalue weighted by molar-refractivity contribution is -0.385. The quantitative estimate of drug-likeness (QED) is 0.509. The third-order valence-corrected chi connectivity index (χ3v) is 3.42. The molecular weight excluding hydrogens is 282 g/mol. The largest absolute Gasteiger partial charge is 0.289 e. The first-order valence-electron chi connectivity index (χ1n) is 5.67. The van der Waals surface area contributed by atoms with Crippen molar-refractivity contribution in [3.05, 3.63) is 73.8 Å². The van der Waals surface area contributed by atoms with Gasteiger partial charge in [-0.3, -0.25) is 19.7 Å². The van der Waals surface area contributed by atoms with E-state index in [-0.39, 0.29) is 27.9 Å². The van der Waals surface area contributed by atoms with Crippen LogP contribution in [0.5, 0.6) is 0 Å². The van der Waals surface area contributed by atoms with E-state index in [9.17, 15) is 19.7 Å². The SMILES string of the molecule is O=C1c2cc(Cl)ccc2C(=O)c2c1cccc2[N+](=O)[O-]. The number of nitro benzene ring substituents is 1. The lowest BCUT2D eigenvalue weighted by atomic mass is 9.83. The number of nitrogens with zero attached hydrogens (tertiary/aromatic N) is 1. The molecule has 0 fully saturated rings. The predicted octanol–water partition coefficient (Wildman–Crippen LogP) is 3.02. The van der Waals surface area contributed by atoms with Gasteiger partial charge in [0.15, 0.2) is 5.78 Å². The second-order valence-electron chi connectivity index (χ2n) is 4.30. The number of hydrogen-bond acceptors (Lipinski definition) is 4. The number of carbonyl (C=O) groups excluding carboxylic acids is 2. The average Bonchev–Trinajstić information content (AvgIpc) is 2.43. The zero-order chi connectivity index (χ0) is 14.4. The summed E-state index contributed by atoms with van der Waals surface area (Å²) in [6.07, 6.45) is 0. The van der Waals surface area contributed by atoms with E-state index in [4.69, 9.17) is 11.6 Å². The first-order chi connectivity index (χ1) is 9.50. The molecular formula is C14H6ClNO4. The lowest BCUT2D eigenvalue weighted by Gasteiger charge is -2.17. The number of rotatable bonds is 1. The molecule has 0 unspecified atom stereocenters. The van der Waals surface area contributed by atoms with Gasteiger partial charge in [0, 0.05) is 27.8 Å². The van der Waals surface area contributed by atoms with E-state index in [1.54, 1.807) is 0 Å². The number of benzene rings is 2. The summed E-state index contributed by atoms with van der Waals surface area (Å²) in [4.78, 5) is 35.1. The second-order valence-corrected chi connectivity index (χ2v) is 4.74. The van der Waals surface area contributed by atoms with Crippen LogP contribution in [0.2, 0.25) is 5.02 Å². The molecule has 3 rings (SSSR count). The van der Waals surface area contributed by atoms with E-state index in [0.717, 1.165) is 0 Å². The third-order valence-electron chi connectivity index (χ3n) is 3.18. The summed E-state index contributed by atoms with van der Waals surface area (Å²) in [6, 6.07) is 8.30. The summed E-state index contributed by atoms with van der Waals surface area (Å²) in [5.41, 5.74) is -0.158. The molecule has 0 saturated heterocycles. The van der Waals surface area contributed by atoms with Crippen LogP contribution in [-0.4, -0.2) is 16.5 Å². The van der Waals surface area contributed by atoms with Crippen molar-refractivity contribution in [3.63, 3.8) is 0 Å². The lowest BCUT2D eigenvalue weighted by Crippen LogP contribution is -2.22. The molecule has 98 valence electrons. The van der Waals surface area contributed by atoms with Gasteiger partial charge < -0.3 is 0 Å². The van der Waals surface area contributed by atoms with Crippen molar-refractivity contribution in [2.75, 3.05) is 0 Å². The van der Waals surface area contributed by atoms with Crippen LogP contribution in [0.4, 0.5) is 5.69 Å². The summed E-state index contributed by atoms with van der Waals surface area (Å²) in [5, 5.41) is 11.3. The maximum Gasteiger partial charge on any atom is 0.281 e. The minimum atomic E-state index is -0.662. The Morgan fingerprint density at radius 1 is 0.950 bits per heavy atom. The minimum Gasteiger partial charge on any atom is -0.289 e. The molecule has 0 aliphatic heterocycles. The monoisotopic (exact) mass is 287 g/mol. The molecule has 0 spiro atoms. The first-order valence-corrected chi connectivity index (χ1v) is 6.05. The van der Waals surface area contributed by atoms with Crippen molar-refractivity contribution in [2.24, 2.45) is 0 Å². The molecule has 0 N–H and O–H groups in total. The van der Waals surface area contributed by atoms with E-state index >= 15 is 0 Å². The third kappa shape index (κ3) is 1.64. The van der Waals surface area contributed by atoms with E-state index < -0.39 is 16.5 Å². The molecule has 0 radical (unpaired) electrons. The number of hydrogen-bond donors (Lipinski definition) is 0. The van der Waals surface area contributed by atoms with Crippen LogP contribution in [0, 0.1) is 10.1 Å². The van der Waals surface area contributed by atoms with Crippen molar-refractivity contribution in [3.8, 4) is 0 Å². The molecule has 0 atom stereocenters. The fraction of sp³-hybridized carbons (Fsp3) is 0. The van der Waals surface area contributed by atoms with Gasteiger partial charge in [-0.05, 0) is 24.3 Å². The standard InChI is InChI=1S/C14H6ClNO4/c15-7-4-5-8-10(6-7)13(17)9-2-1-3-11(16(19)20)12(9)14(8)18/h1-6H. The van der Waals surface area contributed by atoms with Crippen LogP contribution < -0.4 is 0 Å². The molecule has 2 aromatic rings. The highest BCUT2D eigenvalue weighted by molar-refractivity contribution is 6.34. The molecule has 0 heterocycles. The number of nitro groups is 1. The Hall–Kier alpha value is -2.53. The van der Waals surface area contributed by atoms with Gasteiger partial charge in [0.25, 0.3) is 5.69 Å². The highest BCUT2D eigenvalue weighted by Gasteiger charge is 2.35. The molecule has 0 saturated carbocycles. The zero-order valence-corrected chi connectivity index (χ0v) is 10.7. The van der Waals surface area contributed by atoms with Crippen LogP contribution >= 0.6 is 11.6 Å². The minimum absolute atomic E-state index is 0.0407. The predicted molar refractivity (Wildman–Crippen MR) is 71.4 cm³/mol. The maximum atomic E-state index is 12.4. The zero-order valence-electron chi connectivity index (χ0n) is 9.92. The highest BCUT2D eigenvalue weighted by atomic mass is 35.5. The van der Waals surface area contributed by atoms with E-state index in [1.165, 1.54) is 36.4 Å². The van der Waals surface area contributed by atoms with E-state index in [2.05, 4.69) is 0 Å². The highest BCUT2D eigenvalue weighted by Crippen LogP contribution is 2.33. The van der Waals surface area contributed by atoms with Crippen molar-refractivity contribution in [1.29, 1.82) is 0 Å². The number of ketones is 2. The van der Waals surface area contributed by atoms with Crippen molar-refractivity contribution in [2.45, 2.75) is 0 Å². The van der Waals surface area contributed by atoms with Crippen molar-refractivity contribution < 1.29 is 14.5 Å². The van der Waals surface area contributed by atoms with Gasteiger partial charge in [-0.25, -0.2) is 0 Å². The maximum absolute atomic E-state index is 12.4. The molecule has 1 aliphatic rings. The van der Waals surface area contributed by atoms with Gasteiger partial charge in [0.2, 0.25) is 5.78 Å². The van der Waals surface area contributed by atoms with Gasteiger partial charge >= 0.3 is 0 Å². The van der Waals surface area contributed by atoms with Crippen molar-refractivity contribution >= 4 is 28.9 Å². The van der Waals surface area contributed by atoms with Crippen LogP contribution in [0.3, 0.4) is 0 Å². The van der Waals surface area contributed by atoms with Crippen LogP contribution in [0.25, 0.3) is 0 Å². The smallest absolute Gasteiger partial charge is 0.281 e. The van der Waals surface area contributed by atoms with Gasteiger partial charge in [-0.15, -0.1) is 0 Å². The van der Waals surface area contributed by atoms with Gasteiger partial charge in [0.1, 0.15) is 5.56 Å². The number of fused-ring (bicyclic) bond motifs is 2. The summed E-state index contributed by atoms with van der Waals surface area (Å²) in [6.45, 7) is 0. The van der Waals surface area contributed by atoms with Crippen LogP contribution in [0.1, 0.15) is 31.8 Å². The topological polar surface area (TPSA) is 77.3 Å². The Balaban J connectivity index is 2.35. The van der Waals surface area contributed by atoms with Crippen LogP contribution in [-0.2, 0) is 0 Å². The van der Waals surface area contributed by atoms with Gasteiger partial charge in [-0.2, -0.15) is 0 Å². The summed E-state index contributed by atoms with van der Waals surface area (Å²) < 4.78 is 0. The molecule has 0 bridgehead atoms. The molecule has 1 aliphatic carbocycles. The summed E-state index contributed by atoms with van der Waals surface area (Å²) in [7, 11) is 0. The Bertz CT molecular complexity index is 798. The Labute approximate surface area is 117 Å². The van der Waals surface area contributed by atoms with Gasteiger partial charge in [0.05, 0.1) is 4.92 Å². The number of halogens is 1. The Morgan fingerprint density at radius 2 is 1.70 bits per heavy atom. The Morgan fingerprint density at radius 3 is 2.40 bits per heavy atom. The average molecular weight is 288 g/mol. The second kappa shape index (κ2) is 4.25.